The summed E-state index contributed by atoms with van der Waals surface area (Å²) in [4.78, 5) is 31.5. The Hall–Kier alpha value is -3.94. The van der Waals surface area contributed by atoms with Crippen LogP contribution in [0, 0.1) is 11.8 Å². The average Bonchev–Trinajstić information content (AvgIpc) is 3.49. The van der Waals surface area contributed by atoms with Crippen molar-refractivity contribution in [1.82, 2.24) is 14.6 Å². The number of aromatic nitrogens is 3. The zero-order valence-electron chi connectivity index (χ0n) is 20.7. The van der Waals surface area contributed by atoms with Crippen molar-refractivity contribution in [2.24, 2.45) is 11.8 Å². The Labute approximate surface area is 209 Å². The van der Waals surface area contributed by atoms with E-state index in [-0.39, 0.29) is 29.3 Å². The predicted molar refractivity (Wildman–Crippen MR) is 137 cm³/mol. The van der Waals surface area contributed by atoms with Crippen molar-refractivity contribution in [3.05, 3.63) is 60.4 Å². The second-order valence-corrected chi connectivity index (χ2v) is 9.92. The number of aromatic carboxylic acids is 1. The molecule has 0 radical (unpaired) electrons. The zero-order chi connectivity index (χ0) is 25.4. The number of furan rings is 1. The highest BCUT2D eigenvalue weighted by Gasteiger charge is 2.34. The van der Waals surface area contributed by atoms with Crippen LogP contribution in [0.5, 0.6) is 0 Å². The number of hydrogen-bond donors (Lipinski definition) is 1. The first kappa shape index (κ1) is 23.8. The van der Waals surface area contributed by atoms with Gasteiger partial charge >= 0.3 is 5.97 Å². The Morgan fingerprint density at radius 1 is 1.08 bits per heavy atom. The minimum Gasteiger partial charge on any atom is -0.477 e. The molecule has 3 heterocycles. The van der Waals surface area contributed by atoms with E-state index in [4.69, 9.17) is 4.42 Å². The van der Waals surface area contributed by atoms with Gasteiger partial charge in [0, 0.05) is 47.6 Å². The maximum atomic E-state index is 13.5. The van der Waals surface area contributed by atoms with Gasteiger partial charge in [-0.2, -0.15) is 5.10 Å². The van der Waals surface area contributed by atoms with Crippen LogP contribution in [0.25, 0.3) is 28.2 Å². The van der Waals surface area contributed by atoms with E-state index in [1.165, 1.54) is 11.0 Å². The van der Waals surface area contributed by atoms with Crippen LogP contribution in [0.3, 0.4) is 0 Å². The molecule has 1 aliphatic carbocycles. The van der Waals surface area contributed by atoms with E-state index in [1.807, 2.05) is 56.4 Å². The molecular formula is C28H30N4O4. The third-order valence-corrected chi connectivity index (χ3v) is 6.98. The van der Waals surface area contributed by atoms with E-state index in [0.717, 1.165) is 48.2 Å². The molecule has 4 aromatic rings. The van der Waals surface area contributed by atoms with Gasteiger partial charge in [0.05, 0.1) is 5.69 Å². The molecule has 1 amide bonds. The summed E-state index contributed by atoms with van der Waals surface area (Å²) in [6, 6.07) is 12.5. The lowest BCUT2D eigenvalue weighted by Crippen LogP contribution is -2.42. The van der Waals surface area contributed by atoms with Crippen LogP contribution in [-0.4, -0.2) is 37.6 Å². The summed E-state index contributed by atoms with van der Waals surface area (Å²) in [5.41, 5.74) is 3.15. The van der Waals surface area contributed by atoms with Gasteiger partial charge in [0.2, 0.25) is 11.8 Å². The van der Waals surface area contributed by atoms with E-state index < -0.39 is 5.97 Å². The van der Waals surface area contributed by atoms with Crippen molar-refractivity contribution in [3.63, 3.8) is 0 Å². The van der Waals surface area contributed by atoms with Gasteiger partial charge in [0.25, 0.3) is 0 Å². The van der Waals surface area contributed by atoms with E-state index in [2.05, 4.69) is 17.0 Å². The molecule has 0 bridgehead atoms. The quantitative estimate of drug-likeness (QED) is 0.363. The molecule has 0 atom stereocenters. The van der Waals surface area contributed by atoms with Crippen LogP contribution in [0.1, 0.15) is 56.8 Å². The predicted octanol–water partition coefficient (Wildman–Crippen LogP) is 5.92. The van der Waals surface area contributed by atoms with Crippen molar-refractivity contribution in [3.8, 4) is 22.6 Å². The highest BCUT2D eigenvalue weighted by atomic mass is 16.4. The first-order valence-electron chi connectivity index (χ1n) is 12.4. The molecule has 186 valence electrons. The van der Waals surface area contributed by atoms with Crippen molar-refractivity contribution in [2.45, 2.75) is 52.5 Å². The minimum absolute atomic E-state index is 0.00766. The molecule has 0 aliphatic heterocycles. The number of carboxylic acids is 1. The summed E-state index contributed by atoms with van der Waals surface area (Å²) in [7, 11) is 0. The summed E-state index contributed by atoms with van der Waals surface area (Å²) in [6.45, 7) is 5.98. The molecule has 8 nitrogen and oxygen atoms in total. The summed E-state index contributed by atoms with van der Waals surface area (Å²) in [6.07, 6.45) is 7.21. The van der Waals surface area contributed by atoms with Gasteiger partial charge in [0.1, 0.15) is 11.3 Å². The Morgan fingerprint density at radius 3 is 2.42 bits per heavy atom. The molecule has 0 saturated heterocycles. The first-order chi connectivity index (χ1) is 17.3. The first-order valence-corrected chi connectivity index (χ1v) is 12.4. The Bertz CT molecular complexity index is 1360. The van der Waals surface area contributed by atoms with Gasteiger partial charge in [0.15, 0.2) is 5.65 Å². The minimum atomic E-state index is -1.12. The van der Waals surface area contributed by atoms with Crippen molar-refractivity contribution >= 4 is 23.4 Å². The number of anilines is 1. The number of amides is 1. The largest absolute Gasteiger partial charge is 0.477 e. The zero-order valence-corrected chi connectivity index (χ0v) is 20.7. The second-order valence-electron chi connectivity index (χ2n) is 9.92. The van der Waals surface area contributed by atoms with Crippen LogP contribution in [0.4, 0.5) is 5.88 Å². The molecule has 1 aromatic carbocycles. The Kier molecular flexibility index (Phi) is 6.35. The third kappa shape index (κ3) is 4.51. The highest BCUT2D eigenvalue weighted by molar-refractivity contribution is 6.02. The van der Waals surface area contributed by atoms with Gasteiger partial charge in [-0.15, -0.1) is 0 Å². The molecule has 0 unspecified atom stereocenters. The highest BCUT2D eigenvalue weighted by Crippen LogP contribution is 2.37. The number of carboxylic acid groups (broad SMARTS) is 1. The third-order valence-electron chi connectivity index (χ3n) is 6.98. The molecular weight excluding hydrogens is 456 g/mol. The van der Waals surface area contributed by atoms with Crippen molar-refractivity contribution < 1.29 is 19.1 Å². The maximum Gasteiger partial charge on any atom is 0.341 e. The smallest absolute Gasteiger partial charge is 0.341 e. The normalized spacial score (nSPS) is 18.0. The summed E-state index contributed by atoms with van der Waals surface area (Å²) in [5, 5.41) is 14.5. The summed E-state index contributed by atoms with van der Waals surface area (Å²) >= 11 is 0. The van der Waals surface area contributed by atoms with Crippen LogP contribution >= 0.6 is 0 Å². The standard InChI is InChI=1S/C28H30N4O4/c1-17(2)32(26(33)21-7-5-18(3)6-8-21)27-22(28(34)35)15-24(36-27)20-11-9-19(10-12-20)23-16-25-29-13-4-14-31(25)30-23/h4,9-18,21H,5-8H2,1-3H3,(H,34,35)/t18-,21-. The fraction of sp³-hybridized carbons (Fsp3) is 0.357. The van der Waals surface area contributed by atoms with Crippen LogP contribution in [0.2, 0.25) is 0 Å². The SMILES string of the molecule is CC(C)N(c1oc(-c2ccc(-c3cc4ncccn4n3)cc2)cc1C(=O)O)C(=O)[C@H]1CC[C@H](C)CC1. The number of rotatable bonds is 6. The lowest BCUT2D eigenvalue weighted by atomic mass is 9.82. The topological polar surface area (TPSA) is 101 Å². The van der Waals surface area contributed by atoms with Crippen molar-refractivity contribution in [2.75, 3.05) is 4.90 Å². The molecule has 36 heavy (non-hydrogen) atoms. The van der Waals surface area contributed by atoms with E-state index in [0.29, 0.717) is 11.7 Å². The number of carbonyl (C=O) groups is 2. The van der Waals surface area contributed by atoms with Crippen LogP contribution in [-0.2, 0) is 4.79 Å². The maximum absolute atomic E-state index is 13.5. The molecule has 1 aliphatic rings. The summed E-state index contributed by atoms with van der Waals surface area (Å²) in [5.74, 6) is -0.169. The van der Waals surface area contributed by atoms with E-state index >= 15 is 0 Å². The Balaban J connectivity index is 1.46. The Morgan fingerprint density at radius 2 is 1.78 bits per heavy atom. The lowest BCUT2D eigenvalue weighted by Gasteiger charge is -2.32. The number of benzene rings is 1. The molecule has 8 heteroatoms. The average molecular weight is 487 g/mol. The molecule has 1 N–H and O–H groups in total. The van der Waals surface area contributed by atoms with Crippen molar-refractivity contribution in [1.29, 1.82) is 0 Å². The second kappa shape index (κ2) is 9.60. The van der Waals surface area contributed by atoms with Gasteiger partial charge in [-0.3, -0.25) is 9.69 Å². The van der Waals surface area contributed by atoms with Gasteiger partial charge in [-0.05, 0) is 51.5 Å². The molecule has 0 spiro atoms. The number of nitrogens with zero attached hydrogens (tertiary/aromatic N) is 4. The van der Waals surface area contributed by atoms with E-state index in [9.17, 15) is 14.7 Å². The van der Waals surface area contributed by atoms with Crippen LogP contribution in [0.15, 0.2) is 59.3 Å². The number of carbonyl (C=O) groups excluding carboxylic acids is 1. The lowest BCUT2D eigenvalue weighted by molar-refractivity contribution is -0.124. The fourth-order valence-electron chi connectivity index (χ4n) is 4.93. The van der Waals surface area contributed by atoms with E-state index in [1.54, 1.807) is 10.7 Å². The fourth-order valence-corrected chi connectivity index (χ4v) is 4.93. The van der Waals surface area contributed by atoms with Gasteiger partial charge < -0.3 is 9.52 Å². The molecule has 1 fully saturated rings. The monoisotopic (exact) mass is 486 g/mol. The number of hydrogen-bond acceptors (Lipinski definition) is 5. The van der Waals surface area contributed by atoms with Gasteiger partial charge in [-0.1, -0.05) is 31.2 Å². The molecule has 1 saturated carbocycles. The molecule has 3 aromatic heterocycles. The van der Waals surface area contributed by atoms with Gasteiger partial charge in [-0.25, -0.2) is 14.3 Å². The van der Waals surface area contributed by atoms with Crippen LogP contribution < -0.4 is 4.90 Å². The molecule has 5 rings (SSSR count). The number of fused-ring (bicyclic) bond motifs is 1. The summed E-state index contributed by atoms with van der Waals surface area (Å²) < 4.78 is 7.82.